The van der Waals surface area contributed by atoms with Crippen LogP contribution in [0.4, 0.5) is 0 Å². The average molecular weight is 406 g/mol. The predicted octanol–water partition coefficient (Wildman–Crippen LogP) is 1.90. The molecule has 1 aromatic carbocycles. The quantitative estimate of drug-likeness (QED) is 0.667. The zero-order chi connectivity index (χ0) is 22.4. The Labute approximate surface area is 174 Å². The third-order valence-corrected chi connectivity index (χ3v) is 4.39. The second-order valence-electron chi connectivity index (χ2n) is 8.40. The van der Waals surface area contributed by atoms with Gasteiger partial charge in [-0.15, -0.1) is 0 Å². The van der Waals surface area contributed by atoms with Crippen LogP contribution in [0, 0.1) is 6.92 Å². The number of ether oxygens (including phenoxy) is 1. The molecule has 29 heavy (non-hydrogen) atoms. The molecule has 0 aliphatic carbocycles. The van der Waals surface area contributed by atoms with E-state index in [0.717, 1.165) is 11.1 Å². The molecule has 0 saturated carbocycles. The van der Waals surface area contributed by atoms with Crippen LogP contribution in [0.25, 0.3) is 0 Å². The Kier molecular flexibility index (Phi) is 8.82. The minimum absolute atomic E-state index is 0.190. The summed E-state index contributed by atoms with van der Waals surface area (Å²) in [5.41, 5.74) is 7.20. The predicted molar refractivity (Wildman–Crippen MR) is 113 cm³/mol. The molecular weight excluding hydrogens is 370 g/mol. The van der Waals surface area contributed by atoms with E-state index in [1.807, 2.05) is 38.1 Å². The van der Waals surface area contributed by atoms with Gasteiger partial charge in [0.05, 0.1) is 6.04 Å². The van der Waals surface area contributed by atoms with Crippen molar-refractivity contribution in [2.75, 3.05) is 20.1 Å². The molecule has 0 fully saturated rings. The summed E-state index contributed by atoms with van der Waals surface area (Å²) in [6, 6.07) is 6.32. The maximum Gasteiger partial charge on any atom is 0.326 e. The van der Waals surface area contributed by atoms with E-state index in [1.165, 1.54) is 9.80 Å². The zero-order valence-electron chi connectivity index (χ0n) is 18.7. The second-order valence-corrected chi connectivity index (χ2v) is 8.40. The molecule has 162 valence electrons. The Morgan fingerprint density at radius 1 is 1.10 bits per heavy atom. The van der Waals surface area contributed by atoms with Crippen LogP contribution >= 0.6 is 0 Å². The van der Waals surface area contributed by atoms with Crippen molar-refractivity contribution in [3.05, 3.63) is 35.4 Å². The fourth-order valence-electron chi connectivity index (χ4n) is 2.97. The third kappa shape index (κ3) is 7.85. The van der Waals surface area contributed by atoms with Crippen molar-refractivity contribution in [1.82, 2.24) is 9.80 Å². The number of nitrogens with two attached hydrogens (primary N) is 1. The number of aryl methyl sites for hydroxylation is 1. The summed E-state index contributed by atoms with van der Waals surface area (Å²) in [5.74, 6) is -1.13. The Morgan fingerprint density at radius 2 is 1.66 bits per heavy atom. The Morgan fingerprint density at radius 3 is 2.10 bits per heavy atom. The number of esters is 1. The van der Waals surface area contributed by atoms with Gasteiger partial charge in [-0.2, -0.15) is 0 Å². The van der Waals surface area contributed by atoms with Gasteiger partial charge >= 0.3 is 5.97 Å². The highest BCUT2D eigenvalue weighted by molar-refractivity contribution is 5.91. The van der Waals surface area contributed by atoms with Crippen molar-refractivity contribution in [3.8, 4) is 0 Å². The van der Waals surface area contributed by atoms with Crippen LogP contribution in [-0.2, 0) is 25.5 Å². The third-order valence-electron chi connectivity index (χ3n) is 4.39. The lowest BCUT2D eigenvalue weighted by molar-refractivity contribution is -0.159. The number of likely N-dealkylation sites (N-methyl/N-ethyl adjacent to an activating group) is 2. The first-order valence-electron chi connectivity index (χ1n) is 9.94. The van der Waals surface area contributed by atoms with Crippen molar-refractivity contribution in [2.45, 2.75) is 65.6 Å². The fraction of sp³-hybridized carbons (Fsp3) is 0.591. The largest absolute Gasteiger partial charge is 0.459 e. The summed E-state index contributed by atoms with van der Waals surface area (Å²) in [6.07, 6.45) is 0.337. The lowest BCUT2D eigenvalue weighted by atomic mass is 10.0. The molecule has 0 aliphatic rings. The first-order chi connectivity index (χ1) is 13.4. The van der Waals surface area contributed by atoms with Gasteiger partial charge in [0.15, 0.2) is 0 Å². The highest BCUT2D eigenvalue weighted by Crippen LogP contribution is 2.15. The van der Waals surface area contributed by atoms with Gasteiger partial charge in [-0.1, -0.05) is 29.8 Å². The highest BCUT2D eigenvalue weighted by Gasteiger charge is 2.33. The lowest BCUT2D eigenvalue weighted by Crippen LogP contribution is -2.55. The summed E-state index contributed by atoms with van der Waals surface area (Å²) >= 11 is 0. The van der Waals surface area contributed by atoms with Gasteiger partial charge < -0.3 is 20.3 Å². The van der Waals surface area contributed by atoms with E-state index in [1.54, 1.807) is 34.7 Å². The molecule has 0 bridgehead atoms. The van der Waals surface area contributed by atoms with Crippen molar-refractivity contribution in [1.29, 1.82) is 0 Å². The number of nitrogens with zero attached hydrogens (tertiary/aromatic N) is 2. The molecular formula is C22H35N3O4. The zero-order valence-corrected chi connectivity index (χ0v) is 18.7. The molecule has 0 heterocycles. The molecule has 7 nitrogen and oxygen atoms in total. The Balaban J connectivity index is 3.10. The number of carbonyl (C=O) groups excluding carboxylic acids is 3. The summed E-state index contributed by atoms with van der Waals surface area (Å²) in [5, 5.41) is 0. The smallest absolute Gasteiger partial charge is 0.326 e. The van der Waals surface area contributed by atoms with Crippen LogP contribution in [0.15, 0.2) is 24.3 Å². The Bertz CT molecular complexity index is 708. The normalized spacial score (nSPS) is 13.4. The number of hydrogen-bond donors (Lipinski definition) is 1. The Hall–Kier alpha value is -2.41. The molecule has 1 rings (SSSR count). The number of benzene rings is 1. The van der Waals surface area contributed by atoms with E-state index in [9.17, 15) is 14.4 Å². The van der Waals surface area contributed by atoms with E-state index < -0.39 is 23.7 Å². The fourth-order valence-corrected chi connectivity index (χ4v) is 2.97. The van der Waals surface area contributed by atoms with Crippen LogP contribution in [0.2, 0.25) is 0 Å². The van der Waals surface area contributed by atoms with E-state index in [2.05, 4.69) is 0 Å². The number of carbonyl (C=O) groups is 3. The van der Waals surface area contributed by atoms with Crippen molar-refractivity contribution in [2.24, 2.45) is 5.73 Å². The van der Waals surface area contributed by atoms with Crippen LogP contribution in [0.1, 0.15) is 45.7 Å². The van der Waals surface area contributed by atoms with Gasteiger partial charge in [-0.25, -0.2) is 0 Å². The molecule has 2 amide bonds. The molecule has 2 atom stereocenters. The summed E-state index contributed by atoms with van der Waals surface area (Å²) in [7, 11) is 1.54. The molecule has 0 aromatic heterocycles. The molecule has 0 spiro atoms. The number of rotatable bonds is 8. The van der Waals surface area contributed by atoms with Gasteiger partial charge in [-0.3, -0.25) is 14.4 Å². The van der Waals surface area contributed by atoms with Crippen LogP contribution in [-0.4, -0.2) is 65.4 Å². The SMILES string of the molecule is CCN(C(=O)[C@H](C)N)[C@@H](Cc1ccc(C)cc1)C(=O)N(C)CC(=O)OC(C)(C)C. The van der Waals surface area contributed by atoms with Gasteiger partial charge in [0, 0.05) is 20.0 Å². The number of amides is 2. The topological polar surface area (TPSA) is 92.9 Å². The van der Waals surface area contributed by atoms with Crippen molar-refractivity contribution in [3.63, 3.8) is 0 Å². The van der Waals surface area contributed by atoms with Crippen molar-refractivity contribution < 1.29 is 19.1 Å². The molecule has 1 aromatic rings. The molecule has 0 unspecified atom stereocenters. The molecule has 0 saturated heterocycles. The molecule has 0 radical (unpaired) electrons. The summed E-state index contributed by atoms with van der Waals surface area (Å²) < 4.78 is 5.31. The van der Waals surface area contributed by atoms with Crippen LogP contribution < -0.4 is 5.73 Å². The lowest BCUT2D eigenvalue weighted by Gasteiger charge is -2.34. The minimum atomic E-state index is -0.756. The molecule has 7 heteroatoms. The molecule has 2 N–H and O–H groups in total. The van der Waals surface area contributed by atoms with E-state index in [0.29, 0.717) is 13.0 Å². The van der Waals surface area contributed by atoms with Crippen LogP contribution in [0.3, 0.4) is 0 Å². The summed E-state index contributed by atoms with van der Waals surface area (Å²) in [4.78, 5) is 40.8. The standard InChI is InChI=1S/C22H35N3O4/c1-8-25(20(27)16(3)23)18(13-17-11-9-15(2)10-12-17)21(28)24(7)14-19(26)29-22(4,5)6/h9-12,16,18H,8,13-14,23H2,1-7H3/t16-,18-/m0/s1. The van der Waals surface area contributed by atoms with E-state index in [4.69, 9.17) is 10.5 Å². The first kappa shape index (κ1) is 24.6. The molecule has 0 aliphatic heterocycles. The number of hydrogen-bond acceptors (Lipinski definition) is 5. The monoisotopic (exact) mass is 405 g/mol. The highest BCUT2D eigenvalue weighted by atomic mass is 16.6. The maximum atomic E-state index is 13.2. The maximum absolute atomic E-state index is 13.2. The van der Waals surface area contributed by atoms with Gasteiger partial charge in [-0.05, 0) is 47.1 Å². The second kappa shape index (κ2) is 10.4. The van der Waals surface area contributed by atoms with Gasteiger partial charge in [0.25, 0.3) is 0 Å². The van der Waals surface area contributed by atoms with E-state index in [-0.39, 0.29) is 18.4 Å². The summed E-state index contributed by atoms with van der Waals surface area (Å²) in [6.45, 7) is 10.9. The van der Waals surface area contributed by atoms with Gasteiger partial charge in [0.2, 0.25) is 11.8 Å². The minimum Gasteiger partial charge on any atom is -0.459 e. The van der Waals surface area contributed by atoms with Crippen LogP contribution in [0.5, 0.6) is 0 Å². The van der Waals surface area contributed by atoms with Crippen molar-refractivity contribution >= 4 is 17.8 Å². The van der Waals surface area contributed by atoms with Gasteiger partial charge in [0.1, 0.15) is 18.2 Å². The van der Waals surface area contributed by atoms with E-state index >= 15 is 0 Å². The first-order valence-corrected chi connectivity index (χ1v) is 9.94. The average Bonchev–Trinajstić information content (AvgIpc) is 2.60.